The van der Waals surface area contributed by atoms with Crippen molar-refractivity contribution in [3.8, 4) is 0 Å². The zero-order valence-corrected chi connectivity index (χ0v) is 22.4. The van der Waals surface area contributed by atoms with Gasteiger partial charge in [0.2, 0.25) is 17.7 Å². The topological polar surface area (TPSA) is 151 Å². The van der Waals surface area contributed by atoms with Gasteiger partial charge in [0.05, 0.1) is 6.04 Å². The minimum Gasteiger partial charge on any atom is -0.480 e. The molecule has 1 aromatic rings. The van der Waals surface area contributed by atoms with E-state index in [1.807, 2.05) is 47.6 Å². The summed E-state index contributed by atoms with van der Waals surface area (Å²) in [4.78, 5) is 51.1. The third-order valence-electron chi connectivity index (χ3n) is 7.04. The third kappa shape index (κ3) is 9.26. The number of carboxylic acids is 1. The summed E-state index contributed by atoms with van der Waals surface area (Å²) >= 11 is 0. The first-order valence-corrected chi connectivity index (χ1v) is 12.9. The van der Waals surface area contributed by atoms with E-state index in [1.165, 1.54) is 0 Å². The molecule has 7 atom stereocenters. The van der Waals surface area contributed by atoms with E-state index < -0.39 is 47.9 Å². The van der Waals surface area contributed by atoms with Crippen LogP contribution >= 0.6 is 0 Å². The fourth-order valence-electron chi connectivity index (χ4n) is 3.72. The van der Waals surface area contributed by atoms with Crippen molar-refractivity contribution in [1.29, 1.82) is 0 Å². The molecule has 1 rings (SSSR count). The summed E-state index contributed by atoms with van der Waals surface area (Å²) in [6, 6.07) is 5.26. The summed E-state index contributed by atoms with van der Waals surface area (Å²) in [7, 11) is 0. The number of carboxylic acid groups (broad SMARTS) is 1. The second-order valence-electron chi connectivity index (χ2n) is 9.74. The van der Waals surface area contributed by atoms with Crippen molar-refractivity contribution < 1.29 is 24.3 Å². The Labute approximate surface area is 215 Å². The van der Waals surface area contributed by atoms with E-state index in [2.05, 4.69) is 16.0 Å². The van der Waals surface area contributed by atoms with Gasteiger partial charge in [-0.25, -0.2) is 4.79 Å². The maximum Gasteiger partial charge on any atom is 0.326 e. The van der Waals surface area contributed by atoms with E-state index in [0.29, 0.717) is 12.8 Å². The smallest absolute Gasteiger partial charge is 0.326 e. The predicted octanol–water partition coefficient (Wildman–Crippen LogP) is 2.23. The quantitative estimate of drug-likeness (QED) is 0.247. The summed E-state index contributed by atoms with van der Waals surface area (Å²) in [5, 5.41) is 17.8. The second-order valence-corrected chi connectivity index (χ2v) is 9.74. The Morgan fingerprint density at radius 3 is 1.64 bits per heavy atom. The van der Waals surface area contributed by atoms with Crippen molar-refractivity contribution in [3.63, 3.8) is 0 Å². The summed E-state index contributed by atoms with van der Waals surface area (Å²) in [6.45, 7) is 11.3. The number of nitrogens with two attached hydrogens (primary N) is 1. The van der Waals surface area contributed by atoms with Gasteiger partial charge in [0, 0.05) is 6.42 Å². The monoisotopic (exact) mass is 504 g/mol. The SMILES string of the molecule is CCC(C)C(N)C(=O)NC(C(=O)NC(C(=O)NC(Cc1ccccc1)C(=O)O)C(C)CC)C(C)CC. The van der Waals surface area contributed by atoms with E-state index in [4.69, 9.17) is 5.73 Å². The number of amides is 3. The van der Waals surface area contributed by atoms with Crippen LogP contribution < -0.4 is 21.7 Å². The molecule has 0 bridgehead atoms. The number of aliphatic carboxylic acids is 1. The predicted molar refractivity (Wildman–Crippen MR) is 140 cm³/mol. The molecule has 1 aromatic carbocycles. The Hall–Kier alpha value is -2.94. The summed E-state index contributed by atoms with van der Waals surface area (Å²) in [5.41, 5.74) is 6.83. The van der Waals surface area contributed by atoms with Gasteiger partial charge in [-0.15, -0.1) is 0 Å². The Bertz CT molecular complexity index is 863. The molecule has 36 heavy (non-hydrogen) atoms. The highest BCUT2D eigenvalue weighted by Crippen LogP contribution is 2.14. The van der Waals surface area contributed by atoms with E-state index in [1.54, 1.807) is 24.3 Å². The molecule has 7 unspecified atom stereocenters. The van der Waals surface area contributed by atoms with Gasteiger partial charge in [0.25, 0.3) is 0 Å². The number of hydrogen-bond acceptors (Lipinski definition) is 5. The Kier molecular flexibility index (Phi) is 13.2. The number of hydrogen-bond donors (Lipinski definition) is 5. The number of rotatable bonds is 15. The largest absolute Gasteiger partial charge is 0.480 e. The summed E-state index contributed by atoms with van der Waals surface area (Å²) in [5.74, 6) is -3.18. The van der Waals surface area contributed by atoms with Gasteiger partial charge >= 0.3 is 5.97 Å². The van der Waals surface area contributed by atoms with Crippen molar-refractivity contribution >= 4 is 23.7 Å². The normalized spacial score (nSPS) is 17.0. The van der Waals surface area contributed by atoms with Crippen molar-refractivity contribution in [3.05, 3.63) is 35.9 Å². The molecule has 0 aliphatic carbocycles. The molecule has 0 aromatic heterocycles. The number of carbonyl (C=O) groups is 4. The van der Waals surface area contributed by atoms with Crippen LogP contribution in [0.2, 0.25) is 0 Å². The van der Waals surface area contributed by atoms with Crippen LogP contribution in [0.25, 0.3) is 0 Å². The molecule has 0 saturated carbocycles. The van der Waals surface area contributed by atoms with Crippen LogP contribution in [-0.4, -0.2) is 53.0 Å². The number of carbonyl (C=O) groups excluding carboxylic acids is 3. The fourth-order valence-corrected chi connectivity index (χ4v) is 3.72. The standard InChI is InChI=1S/C27H44N4O5/c1-7-16(4)21(28)24(32)30-23(18(6)9-3)26(34)31-22(17(5)8-2)25(33)29-20(27(35)36)15-19-13-11-10-12-14-19/h10-14,16-18,20-23H,7-9,15,28H2,1-6H3,(H,29,33)(H,30,32)(H,31,34)(H,35,36). The van der Waals surface area contributed by atoms with Gasteiger partial charge in [0.15, 0.2) is 0 Å². The van der Waals surface area contributed by atoms with E-state index >= 15 is 0 Å². The Morgan fingerprint density at radius 2 is 1.19 bits per heavy atom. The van der Waals surface area contributed by atoms with Crippen LogP contribution in [0.4, 0.5) is 0 Å². The highest BCUT2D eigenvalue weighted by molar-refractivity contribution is 5.94. The van der Waals surface area contributed by atoms with Gasteiger partial charge in [-0.05, 0) is 23.3 Å². The van der Waals surface area contributed by atoms with Crippen LogP contribution in [0.3, 0.4) is 0 Å². The van der Waals surface area contributed by atoms with Crippen LogP contribution in [0.15, 0.2) is 30.3 Å². The van der Waals surface area contributed by atoms with Gasteiger partial charge < -0.3 is 26.8 Å². The van der Waals surface area contributed by atoms with E-state index in [9.17, 15) is 24.3 Å². The molecule has 0 aliphatic rings. The lowest BCUT2D eigenvalue weighted by Crippen LogP contribution is -2.60. The van der Waals surface area contributed by atoms with Crippen molar-refractivity contribution in [2.75, 3.05) is 0 Å². The first kappa shape index (κ1) is 31.1. The van der Waals surface area contributed by atoms with Crippen LogP contribution in [-0.2, 0) is 25.6 Å². The molecule has 0 radical (unpaired) electrons. The maximum absolute atomic E-state index is 13.3. The molecular weight excluding hydrogens is 460 g/mol. The van der Waals surface area contributed by atoms with Crippen LogP contribution in [0.1, 0.15) is 66.4 Å². The maximum atomic E-state index is 13.3. The highest BCUT2D eigenvalue weighted by Gasteiger charge is 2.34. The average Bonchev–Trinajstić information content (AvgIpc) is 2.88. The molecule has 0 aliphatic heterocycles. The highest BCUT2D eigenvalue weighted by atomic mass is 16.4. The van der Waals surface area contributed by atoms with Crippen molar-refractivity contribution in [2.45, 2.75) is 91.4 Å². The zero-order valence-electron chi connectivity index (χ0n) is 22.4. The Balaban J connectivity index is 3.06. The van der Waals surface area contributed by atoms with Gasteiger partial charge in [-0.2, -0.15) is 0 Å². The van der Waals surface area contributed by atoms with Crippen molar-refractivity contribution in [1.82, 2.24) is 16.0 Å². The number of nitrogens with one attached hydrogen (secondary N) is 3. The second kappa shape index (κ2) is 15.2. The molecule has 0 heterocycles. The minimum atomic E-state index is -1.16. The molecular formula is C27H44N4O5. The van der Waals surface area contributed by atoms with Crippen LogP contribution in [0.5, 0.6) is 0 Å². The molecule has 0 saturated heterocycles. The van der Waals surface area contributed by atoms with Gasteiger partial charge in [0.1, 0.15) is 18.1 Å². The summed E-state index contributed by atoms with van der Waals surface area (Å²) in [6.07, 6.45) is 2.03. The van der Waals surface area contributed by atoms with E-state index in [0.717, 1.165) is 12.0 Å². The van der Waals surface area contributed by atoms with Crippen molar-refractivity contribution in [2.24, 2.45) is 23.5 Å². The lowest BCUT2D eigenvalue weighted by atomic mass is 9.93. The lowest BCUT2D eigenvalue weighted by molar-refractivity contribution is -0.142. The summed E-state index contributed by atoms with van der Waals surface area (Å²) < 4.78 is 0. The lowest BCUT2D eigenvalue weighted by Gasteiger charge is -2.30. The molecule has 202 valence electrons. The molecule has 9 nitrogen and oxygen atoms in total. The molecule has 3 amide bonds. The van der Waals surface area contributed by atoms with Crippen LogP contribution in [0, 0.1) is 17.8 Å². The molecule has 6 N–H and O–H groups in total. The average molecular weight is 505 g/mol. The van der Waals surface area contributed by atoms with Gasteiger partial charge in [-0.1, -0.05) is 91.1 Å². The zero-order chi connectivity index (χ0) is 27.4. The first-order valence-electron chi connectivity index (χ1n) is 12.9. The fraction of sp³-hybridized carbons (Fsp3) is 0.630. The molecule has 9 heteroatoms. The minimum absolute atomic E-state index is 0.0538. The Morgan fingerprint density at radius 1 is 0.750 bits per heavy atom. The molecule has 0 spiro atoms. The molecule has 0 fully saturated rings. The van der Waals surface area contributed by atoms with E-state index in [-0.39, 0.29) is 24.2 Å². The first-order chi connectivity index (χ1) is 17.0. The third-order valence-corrected chi connectivity index (χ3v) is 7.04. The number of benzene rings is 1. The van der Waals surface area contributed by atoms with Gasteiger partial charge in [-0.3, -0.25) is 14.4 Å².